The SMILES string of the molecule is CC1CCCN1C(=O)CC(NC(=O)CCC(C)(C)C)C(=O)N[C@@H](C)c1ncc(-c2ccc(F)cc2F)[nH]1. The Labute approximate surface area is 216 Å². The Kier molecular flexibility index (Phi) is 9.04. The van der Waals surface area contributed by atoms with Gasteiger partial charge < -0.3 is 20.5 Å². The molecule has 2 aromatic rings. The van der Waals surface area contributed by atoms with Gasteiger partial charge in [0.05, 0.1) is 24.4 Å². The molecule has 1 aliphatic heterocycles. The zero-order valence-corrected chi connectivity index (χ0v) is 22.2. The molecular formula is C27H37F2N5O3. The topological polar surface area (TPSA) is 107 Å². The van der Waals surface area contributed by atoms with Crippen molar-refractivity contribution in [1.29, 1.82) is 0 Å². The fourth-order valence-electron chi connectivity index (χ4n) is 4.34. The van der Waals surface area contributed by atoms with E-state index in [0.29, 0.717) is 24.5 Å². The maximum atomic E-state index is 14.2. The van der Waals surface area contributed by atoms with E-state index in [1.807, 2.05) is 27.7 Å². The number of H-pyrrole nitrogens is 1. The average molecular weight is 518 g/mol. The van der Waals surface area contributed by atoms with E-state index in [0.717, 1.165) is 25.0 Å². The zero-order chi connectivity index (χ0) is 27.3. The largest absolute Gasteiger partial charge is 0.345 e. The second-order valence-corrected chi connectivity index (χ2v) is 11.0. The van der Waals surface area contributed by atoms with E-state index in [1.54, 1.807) is 11.8 Å². The number of aromatic nitrogens is 2. The molecule has 202 valence electrons. The summed E-state index contributed by atoms with van der Waals surface area (Å²) in [5, 5.41) is 5.54. The van der Waals surface area contributed by atoms with Crippen molar-refractivity contribution in [2.75, 3.05) is 6.54 Å². The Balaban J connectivity index is 1.70. The van der Waals surface area contributed by atoms with Gasteiger partial charge in [-0.05, 0) is 50.7 Å². The molecule has 3 atom stereocenters. The Morgan fingerprint density at radius 1 is 1.22 bits per heavy atom. The number of nitrogens with zero attached hydrogens (tertiary/aromatic N) is 2. The molecule has 1 aromatic heterocycles. The van der Waals surface area contributed by atoms with Crippen LogP contribution < -0.4 is 10.6 Å². The van der Waals surface area contributed by atoms with Crippen molar-refractivity contribution in [1.82, 2.24) is 25.5 Å². The average Bonchev–Trinajstić information content (AvgIpc) is 3.46. The molecule has 8 nitrogen and oxygen atoms in total. The third-order valence-corrected chi connectivity index (χ3v) is 6.59. The molecule has 0 bridgehead atoms. The summed E-state index contributed by atoms with van der Waals surface area (Å²) in [6.45, 7) is 10.4. The van der Waals surface area contributed by atoms with Crippen LogP contribution in [0.4, 0.5) is 8.78 Å². The fraction of sp³-hybridized carbons (Fsp3) is 0.556. The van der Waals surface area contributed by atoms with Crippen molar-refractivity contribution >= 4 is 17.7 Å². The molecule has 0 aliphatic carbocycles. The fourth-order valence-corrected chi connectivity index (χ4v) is 4.34. The van der Waals surface area contributed by atoms with Gasteiger partial charge in [0.15, 0.2) is 0 Å². The summed E-state index contributed by atoms with van der Waals surface area (Å²) in [7, 11) is 0. The summed E-state index contributed by atoms with van der Waals surface area (Å²) < 4.78 is 27.4. The summed E-state index contributed by atoms with van der Waals surface area (Å²) in [6.07, 6.45) is 3.95. The normalized spacial score (nSPS) is 17.4. The molecule has 1 aliphatic rings. The number of imidazole rings is 1. The monoisotopic (exact) mass is 517 g/mol. The quantitative estimate of drug-likeness (QED) is 0.462. The van der Waals surface area contributed by atoms with Gasteiger partial charge in [-0.1, -0.05) is 20.8 Å². The zero-order valence-electron chi connectivity index (χ0n) is 22.2. The van der Waals surface area contributed by atoms with Crippen LogP contribution in [0.5, 0.6) is 0 Å². The molecule has 10 heteroatoms. The molecule has 3 rings (SSSR count). The second-order valence-electron chi connectivity index (χ2n) is 11.0. The van der Waals surface area contributed by atoms with Crippen molar-refractivity contribution in [3.8, 4) is 11.3 Å². The van der Waals surface area contributed by atoms with Crippen LogP contribution in [0.1, 0.15) is 78.6 Å². The lowest BCUT2D eigenvalue weighted by Crippen LogP contribution is -2.50. The predicted molar refractivity (Wildman–Crippen MR) is 136 cm³/mol. The number of benzene rings is 1. The third-order valence-electron chi connectivity index (χ3n) is 6.59. The molecular weight excluding hydrogens is 480 g/mol. The molecule has 1 saturated heterocycles. The van der Waals surface area contributed by atoms with Gasteiger partial charge >= 0.3 is 0 Å². The minimum Gasteiger partial charge on any atom is -0.345 e. The first-order valence-electron chi connectivity index (χ1n) is 12.7. The van der Waals surface area contributed by atoms with Crippen LogP contribution in [-0.4, -0.2) is 51.2 Å². The van der Waals surface area contributed by atoms with Gasteiger partial charge in [0.25, 0.3) is 0 Å². The lowest BCUT2D eigenvalue weighted by Gasteiger charge is -2.26. The van der Waals surface area contributed by atoms with E-state index in [4.69, 9.17) is 0 Å². The van der Waals surface area contributed by atoms with Crippen LogP contribution in [0, 0.1) is 17.0 Å². The number of carbonyl (C=O) groups is 3. The maximum absolute atomic E-state index is 14.2. The van der Waals surface area contributed by atoms with Crippen molar-refractivity contribution in [2.45, 2.75) is 84.8 Å². The number of halogens is 2. The Hall–Kier alpha value is -3.30. The van der Waals surface area contributed by atoms with Crippen LogP contribution in [0.2, 0.25) is 0 Å². The van der Waals surface area contributed by atoms with Gasteiger partial charge in [0.1, 0.15) is 23.5 Å². The van der Waals surface area contributed by atoms with Gasteiger partial charge in [0.2, 0.25) is 17.7 Å². The molecule has 2 unspecified atom stereocenters. The minimum atomic E-state index is -1.04. The van der Waals surface area contributed by atoms with E-state index < -0.39 is 29.6 Å². The van der Waals surface area contributed by atoms with E-state index in [2.05, 4.69) is 20.6 Å². The lowest BCUT2D eigenvalue weighted by atomic mass is 9.90. The van der Waals surface area contributed by atoms with E-state index in [9.17, 15) is 23.2 Å². The molecule has 0 saturated carbocycles. The summed E-state index contributed by atoms with van der Waals surface area (Å²) >= 11 is 0. The number of hydrogen-bond donors (Lipinski definition) is 3. The van der Waals surface area contributed by atoms with E-state index in [-0.39, 0.29) is 41.7 Å². The van der Waals surface area contributed by atoms with Crippen molar-refractivity contribution in [2.24, 2.45) is 5.41 Å². The highest BCUT2D eigenvalue weighted by molar-refractivity contribution is 5.92. The standard InChI is InChI=1S/C27H37F2N5O3/c1-16-7-6-12-34(16)24(36)14-21(32-23(35)10-11-27(3,4)5)26(37)31-17(2)25-30-15-22(33-25)19-9-8-18(28)13-20(19)29/h8-9,13,15-17,21H,6-7,10-12,14H2,1-5H3,(H,30,33)(H,31,37)(H,32,35)/t16?,17-,21?/m0/s1. The van der Waals surface area contributed by atoms with Crippen molar-refractivity contribution < 1.29 is 23.2 Å². The summed E-state index contributed by atoms with van der Waals surface area (Å²) in [4.78, 5) is 47.8. The highest BCUT2D eigenvalue weighted by atomic mass is 19.1. The second kappa shape index (κ2) is 11.8. The van der Waals surface area contributed by atoms with Gasteiger partial charge in [-0.25, -0.2) is 13.8 Å². The van der Waals surface area contributed by atoms with E-state index >= 15 is 0 Å². The van der Waals surface area contributed by atoms with Gasteiger partial charge in [-0.15, -0.1) is 0 Å². The van der Waals surface area contributed by atoms with E-state index in [1.165, 1.54) is 12.3 Å². The van der Waals surface area contributed by atoms with Gasteiger partial charge in [0, 0.05) is 30.6 Å². The highest BCUT2D eigenvalue weighted by Gasteiger charge is 2.31. The summed E-state index contributed by atoms with van der Waals surface area (Å²) in [6, 6.07) is 1.67. The summed E-state index contributed by atoms with van der Waals surface area (Å²) in [5.41, 5.74) is 0.428. The first kappa shape index (κ1) is 28.3. The maximum Gasteiger partial charge on any atom is 0.243 e. The molecule has 0 spiro atoms. The highest BCUT2D eigenvalue weighted by Crippen LogP contribution is 2.24. The third kappa shape index (κ3) is 7.84. The molecule has 3 amide bonds. The first-order valence-corrected chi connectivity index (χ1v) is 12.7. The van der Waals surface area contributed by atoms with Crippen LogP contribution in [0.25, 0.3) is 11.3 Å². The molecule has 1 aromatic carbocycles. The number of nitrogens with one attached hydrogen (secondary N) is 3. The number of likely N-dealkylation sites (tertiary alicyclic amines) is 1. The minimum absolute atomic E-state index is 0.0502. The molecule has 37 heavy (non-hydrogen) atoms. The van der Waals surface area contributed by atoms with Crippen molar-refractivity contribution in [3.63, 3.8) is 0 Å². The Morgan fingerprint density at radius 2 is 1.95 bits per heavy atom. The van der Waals surface area contributed by atoms with Crippen LogP contribution in [0.15, 0.2) is 24.4 Å². The molecule has 1 fully saturated rings. The smallest absolute Gasteiger partial charge is 0.243 e. The first-order chi connectivity index (χ1) is 17.3. The number of carbonyl (C=O) groups excluding carboxylic acids is 3. The van der Waals surface area contributed by atoms with Crippen LogP contribution >= 0.6 is 0 Å². The lowest BCUT2D eigenvalue weighted by molar-refractivity contribution is -0.137. The van der Waals surface area contributed by atoms with Gasteiger partial charge in [-0.3, -0.25) is 14.4 Å². The number of aromatic amines is 1. The Morgan fingerprint density at radius 3 is 2.57 bits per heavy atom. The molecule has 2 heterocycles. The van der Waals surface area contributed by atoms with Gasteiger partial charge in [-0.2, -0.15) is 0 Å². The van der Waals surface area contributed by atoms with Crippen molar-refractivity contribution in [3.05, 3.63) is 41.9 Å². The van der Waals surface area contributed by atoms with Crippen LogP contribution in [-0.2, 0) is 14.4 Å². The molecule has 3 N–H and O–H groups in total. The number of rotatable bonds is 9. The predicted octanol–water partition coefficient (Wildman–Crippen LogP) is 4.24. The summed E-state index contributed by atoms with van der Waals surface area (Å²) in [5.74, 6) is -2.06. The number of amides is 3. The van der Waals surface area contributed by atoms with Crippen LogP contribution in [0.3, 0.4) is 0 Å². The number of hydrogen-bond acceptors (Lipinski definition) is 4. The molecule has 0 radical (unpaired) electrons. The Bertz CT molecular complexity index is 1130.